The van der Waals surface area contributed by atoms with E-state index in [0.717, 1.165) is 37.2 Å². The molecule has 2 aliphatic rings. The van der Waals surface area contributed by atoms with Gasteiger partial charge >= 0.3 is 0 Å². The topological polar surface area (TPSA) is 49.3 Å². The summed E-state index contributed by atoms with van der Waals surface area (Å²) in [6.07, 6.45) is 4.70. The number of carbonyl (C=O) groups is 1. The maximum atomic E-state index is 11.4. The van der Waals surface area contributed by atoms with Gasteiger partial charge in [-0.3, -0.25) is 4.79 Å². The van der Waals surface area contributed by atoms with Crippen LogP contribution in [0.1, 0.15) is 26.2 Å². The van der Waals surface area contributed by atoms with Crippen LogP contribution in [0.4, 0.5) is 11.6 Å². The third-order valence-electron chi connectivity index (χ3n) is 4.10. The van der Waals surface area contributed by atoms with Crippen LogP contribution in [0, 0.1) is 5.92 Å². The molecule has 5 nitrogen and oxygen atoms in total. The summed E-state index contributed by atoms with van der Waals surface area (Å²) in [5, 5.41) is 0. The highest BCUT2D eigenvalue weighted by Crippen LogP contribution is 2.24. The van der Waals surface area contributed by atoms with Crippen LogP contribution in [-0.2, 0) is 4.79 Å². The molecule has 102 valence electrons. The lowest BCUT2D eigenvalue weighted by molar-refractivity contribution is -0.116. The van der Waals surface area contributed by atoms with Gasteiger partial charge < -0.3 is 9.80 Å². The van der Waals surface area contributed by atoms with Crippen molar-refractivity contribution in [3.63, 3.8) is 0 Å². The Morgan fingerprint density at radius 1 is 1.11 bits per heavy atom. The van der Waals surface area contributed by atoms with Gasteiger partial charge in [0.05, 0.1) is 6.54 Å². The van der Waals surface area contributed by atoms with Crippen LogP contribution in [0.3, 0.4) is 0 Å². The average Bonchev–Trinajstić information content (AvgIpc) is 2.86. The molecule has 0 radical (unpaired) electrons. The molecule has 5 heteroatoms. The van der Waals surface area contributed by atoms with Gasteiger partial charge in [-0.15, -0.1) is 0 Å². The number of carbonyl (C=O) groups excluding carboxylic acids is 1. The molecule has 3 heterocycles. The van der Waals surface area contributed by atoms with Crippen molar-refractivity contribution in [2.24, 2.45) is 5.92 Å². The van der Waals surface area contributed by atoms with Gasteiger partial charge in [-0.05, 0) is 18.8 Å². The smallest absolute Gasteiger partial charge is 0.153 e. The average molecular weight is 260 g/mol. The summed E-state index contributed by atoms with van der Waals surface area (Å²) in [6, 6.07) is 2.02. The van der Waals surface area contributed by atoms with Gasteiger partial charge in [0.1, 0.15) is 18.0 Å². The lowest BCUT2D eigenvalue weighted by atomic mass is 9.99. The molecule has 0 N–H and O–H groups in total. The Morgan fingerprint density at radius 2 is 1.79 bits per heavy atom. The molecule has 1 aromatic heterocycles. The minimum atomic E-state index is 0.298. The van der Waals surface area contributed by atoms with E-state index in [2.05, 4.69) is 21.8 Å². The second kappa shape index (κ2) is 5.15. The number of piperidine rings is 1. The van der Waals surface area contributed by atoms with Gasteiger partial charge in [-0.25, -0.2) is 9.97 Å². The van der Waals surface area contributed by atoms with E-state index in [1.165, 1.54) is 12.8 Å². The molecule has 0 amide bonds. The summed E-state index contributed by atoms with van der Waals surface area (Å²) in [7, 11) is 0. The Kier molecular flexibility index (Phi) is 3.36. The molecule has 3 rings (SSSR count). The fourth-order valence-corrected chi connectivity index (χ4v) is 2.75. The van der Waals surface area contributed by atoms with Crippen molar-refractivity contribution < 1.29 is 4.79 Å². The zero-order valence-corrected chi connectivity index (χ0v) is 11.4. The molecule has 2 fully saturated rings. The fourth-order valence-electron chi connectivity index (χ4n) is 2.75. The van der Waals surface area contributed by atoms with Gasteiger partial charge in [-0.1, -0.05) is 6.92 Å². The SMILES string of the molecule is CC1CCN(c2cc(N3CCC(=O)C3)ncn2)CC1. The number of ketones is 1. The predicted octanol–water partition coefficient (Wildman–Crippen LogP) is 1.49. The second-order valence-electron chi connectivity index (χ2n) is 5.61. The van der Waals surface area contributed by atoms with Gasteiger partial charge in [0.15, 0.2) is 5.78 Å². The first-order valence-corrected chi connectivity index (χ1v) is 7.06. The standard InChI is InChI=1S/C14H20N4O/c1-11-2-5-17(6-3-11)13-8-14(16-10-15-13)18-7-4-12(19)9-18/h8,10-11H,2-7,9H2,1H3. The Hall–Kier alpha value is -1.65. The van der Waals surface area contributed by atoms with E-state index in [0.29, 0.717) is 18.7 Å². The van der Waals surface area contributed by atoms with Crippen molar-refractivity contribution in [1.82, 2.24) is 9.97 Å². The highest BCUT2D eigenvalue weighted by molar-refractivity contribution is 5.86. The normalized spacial score (nSPS) is 21.2. The molecule has 0 unspecified atom stereocenters. The molecule has 0 atom stereocenters. The van der Waals surface area contributed by atoms with Gasteiger partial charge in [0.2, 0.25) is 0 Å². The third-order valence-corrected chi connectivity index (χ3v) is 4.10. The van der Waals surface area contributed by atoms with Crippen LogP contribution >= 0.6 is 0 Å². The number of nitrogens with zero attached hydrogens (tertiary/aromatic N) is 4. The minimum absolute atomic E-state index is 0.298. The van der Waals surface area contributed by atoms with Gasteiger partial charge in [-0.2, -0.15) is 0 Å². The maximum Gasteiger partial charge on any atom is 0.153 e. The van der Waals surface area contributed by atoms with Crippen LogP contribution in [-0.4, -0.2) is 41.9 Å². The Labute approximate surface area is 113 Å². The van der Waals surface area contributed by atoms with Gasteiger partial charge in [0.25, 0.3) is 0 Å². The minimum Gasteiger partial charge on any atom is -0.356 e. The summed E-state index contributed by atoms with van der Waals surface area (Å²) < 4.78 is 0. The summed E-state index contributed by atoms with van der Waals surface area (Å²) in [4.78, 5) is 24.4. The maximum absolute atomic E-state index is 11.4. The monoisotopic (exact) mass is 260 g/mol. The van der Waals surface area contributed by atoms with E-state index in [-0.39, 0.29) is 0 Å². The number of hydrogen-bond donors (Lipinski definition) is 0. The first kappa shape index (κ1) is 12.4. The zero-order chi connectivity index (χ0) is 13.2. The van der Waals surface area contributed by atoms with Crippen molar-refractivity contribution in [3.05, 3.63) is 12.4 Å². The fraction of sp³-hybridized carbons (Fsp3) is 0.643. The quantitative estimate of drug-likeness (QED) is 0.806. The number of Topliss-reactive ketones (excluding diaryl/α,β-unsaturated/α-hetero) is 1. The van der Waals surface area contributed by atoms with Crippen molar-refractivity contribution in [2.45, 2.75) is 26.2 Å². The van der Waals surface area contributed by atoms with Crippen molar-refractivity contribution in [1.29, 1.82) is 0 Å². The Morgan fingerprint density at radius 3 is 2.42 bits per heavy atom. The van der Waals surface area contributed by atoms with E-state index in [4.69, 9.17) is 0 Å². The number of anilines is 2. The van der Waals surface area contributed by atoms with Crippen LogP contribution < -0.4 is 9.80 Å². The zero-order valence-electron chi connectivity index (χ0n) is 11.4. The summed E-state index contributed by atoms with van der Waals surface area (Å²) >= 11 is 0. The first-order valence-electron chi connectivity index (χ1n) is 7.06. The molecule has 2 saturated heterocycles. The summed E-state index contributed by atoms with van der Waals surface area (Å²) in [6.45, 7) is 5.71. The lowest BCUT2D eigenvalue weighted by Gasteiger charge is -2.31. The highest BCUT2D eigenvalue weighted by atomic mass is 16.1. The molecule has 19 heavy (non-hydrogen) atoms. The van der Waals surface area contributed by atoms with E-state index in [1.807, 2.05) is 11.0 Å². The van der Waals surface area contributed by atoms with E-state index in [9.17, 15) is 4.79 Å². The Balaban J connectivity index is 1.74. The number of hydrogen-bond acceptors (Lipinski definition) is 5. The molecule has 0 aromatic carbocycles. The van der Waals surface area contributed by atoms with E-state index < -0.39 is 0 Å². The van der Waals surface area contributed by atoms with Crippen LogP contribution in [0.25, 0.3) is 0 Å². The molecule has 0 saturated carbocycles. The van der Waals surface area contributed by atoms with Crippen molar-refractivity contribution >= 4 is 17.4 Å². The van der Waals surface area contributed by atoms with Crippen molar-refractivity contribution in [3.8, 4) is 0 Å². The first-order chi connectivity index (χ1) is 9.22. The van der Waals surface area contributed by atoms with E-state index >= 15 is 0 Å². The predicted molar refractivity (Wildman–Crippen MR) is 74.5 cm³/mol. The lowest BCUT2D eigenvalue weighted by Crippen LogP contribution is -2.33. The molecule has 2 aliphatic heterocycles. The highest BCUT2D eigenvalue weighted by Gasteiger charge is 2.22. The summed E-state index contributed by atoms with van der Waals surface area (Å²) in [5.74, 6) is 2.99. The summed E-state index contributed by atoms with van der Waals surface area (Å²) in [5.41, 5.74) is 0. The molecule has 1 aromatic rings. The van der Waals surface area contributed by atoms with E-state index in [1.54, 1.807) is 6.33 Å². The molecular formula is C14H20N4O. The number of aromatic nitrogens is 2. The van der Waals surface area contributed by atoms with Crippen LogP contribution in [0.15, 0.2) is 12.4 Å². The largest absolute Gasteiger partial charge is 0.356 e. The molecule has 0 aliphatic carbocycles. The third kappa shape index (κ3) is 2.69. The second-order valence-corrected chi connectivity index (χ2v) is 5.61. The van der Waals surface area contributed by atoms with Gasteiger partial charge in [0, 0.05) is 32.1 Å². The van der Waals surface area contributed by atoms with Crippen molar-refractivity contribution in [2.75, 3.05) is 36.0 Å². The Bertz CT molecular complexity index is 468. The molecular weight excluding hydrogens is 240 g/mol. The van der Waals surface area contributed by atoms with Crippen LogP contribution in [0.5, 0.6) is 0 Å². The molecule has 0 spiro atoms. The van der Waals surface area contributed by atoms with Crippen LogP contribution in [0.2, 0.25) is 0 Å². The molecule has 0 bridgehead atoms. The number of rotatable bonds is 2.